The van der Waals surface area contributed by atoms with E-state index < -0.39 is 0 Å². The number of hydrogen-bond donors (Lipinski definition) is 0. The summed E-state index contributed by atoms with van der Waals surface area (Å²) in [6.07, 6.45) is 26.1. The predicted molar refractivity (Wildman–Crippen MR) is 209 cm³/mol. The summed E-state index contributed by atoms with van der Waals surface area (Å²) in [6, 6.07) is 0. The van der Waals surface area contributed by atoms with Gasteiger partial charge in [-0.25, -0.2) is 0 Å². The van der Waals surface area contributed by atoms with Crippen LogP contribution in [-0.4, -0.2) is 62.8 Å². The van der Waals surface area contributed by atoms with Crippen LogP contribution in [0, 0.1) is 10.8 Å². The van der Waals surface area contributed by atoms with Gasteiger partial charge in [0.05, 0.1) is 13.2 Å². The summed E-state index contributed by atoms with van der Waals surface area (Å²) in [5, 5.41) is 0. The third-order valence-electron chi connectivity index (χ3n) is 10.1. The molecule has 0 heterocycles. The Morgan fingerprint density at radius 2 is 0.900 bits per heavy atom. The highest BCUT2D eigenvalue weighted by molar-refractivity contribution is 5.70. The van der Waals surface area contributed by atoms with Crippen molar-refractivity contribution in [1.82, 2.24) is 4.90 Å². The number of hydrogen-bond acceptors (Lipinski definition) is 7. The van der Waals surface area contributed by atoms with Crippen LogP contribution >= 0.6 is 0 Å². The second-order valence-corrected chi connectivity index (χ2v) is 16.8. The Morgan fingerprint density at radius 3 is 1.30 bits per heavy atom. The molecule has 0 aromatic carbocycles. The molecule has 296 valence electrons. The predicted octanol–water partition coefficient (Wildman–Crippen LogP) is 11.8. The highest BCUT2D eigenvalue weighted by Gasteiger charge is 2.24. The molecule has 0 radical (unpaired) electrons. The molecule has 0 aliphatic rings. The van der Waals surface area contributed by atoms with Gasteiger partial charge in [-0.1, -0.05) is 119 Å². The van der Waals surface area contributed by atoms with Gasteiger partial charge in [-0.3, -0.25) is 14.4 Å². The van der Waals surface area contributed by atoms with Gasteiger partial charge in [0.2, 0.25) is 0 Å². The van der Waals surface area contributed by atoms with E-state index in [-0.39, 0.29) is 34.8 Å². The molecule has 0 amide bonds. The van der Waals surface area contributed by atoms with Crippen LogP contribution in [0.15, 0.2) is 0 Å². The Balaban J connectivity index is 4.59. The topological polar surface area (TPSA) is 82.1 Å². The van der Waals surface area contributed by atoms with Gasteiger partial charge in [0.25, 0.3) is 0 Å². The van der Waals surface area contributed by atoms with Crippen LogP contribution in [0.1, 0.15) is 208 Å². The zero-order chi connectivity index (χ0) is 37.5. The van der Waals surface area contributed by atoms with Crippen molar-refractivity contribution in [1.29, 1.82) is 0 Å². The van der Waals surface area contributed by atoms with Gasteiger partial charge in [0.1, 0.15) is 6.10 Å². The second-order valence-electron chi connectivity index (χ2n) is 16.8. The van der Waals surface area contributed by atoms with Crippen LogP contribution in [0.3, 0.4) is 0 Å². The van der Waals surface area contributed by atoms with Gasteiger partial charge < -0.3 is 19.1 Å². The molecule has 0 aliphatic carbocycles. The lowest BCUT2D eigenvalue weighted by molar-refractivity contribution is -0.150. The van der Waals surface area contributed by atoms with Crippen LogP contribution in [0.4, 0.5) is 0 Å². The summed E-state index contributed by atoms with van der Waals surface area (Å²) in [7, 11) is 4.04. The molecule has 0 atom stereocenters. The standard InChI is InChI=1S/C43H83NO6/c1-9-11-13-15-17-19-21-36-48-39(45)29-33-42(3,4)31-23-26-38(50-41(47)28-25-35-44(7)8)27-24-32-43(5,6)34-30-40(46)49-37-22-20-18-16-14-12-10-2/h38H,9-37H2,1-8H3. The minimum Gasteiger partial charge on any atom is -0.466 e. The lowest BCUT2D eigenvalue weighted by Gasteiger charge is -2.27. The molecule has 0 rings (SSSR count). The molecule has 0 aromatic rings. The zero-order valence-electron chi connectivity index (χ0n) is 34.5. The molecule has 7 nitrogen and oxygen atoms in total. The fourth-order valence-electron chi connectivity index (χ4n) is 6.43. The number of rotatable bonds is 35. The summed E-state index contributed by atoms with van der Waals surface area (Å²) >= 11 is 0. The van der Waals surface area contributed by atoms with Crippen molar-refractivity contribution in [3.8, 4) is 0 Å². The van der Waals surface area contributed by atoms with Gasteiger partial charge in [-0.2, -0.15) is 0 Å². The quantitative estimate of drug-likeness (QED) is 0.0368. The molecule has 0 aliphatic heterocycles. The zero-order valence-corrected chi connectivity index (χ0v) is 34.5. The summed E-state index contributed by atoms with van der Waals surface area (Å²) in [6.45, 7) is 15.3. The van der Waals surface area contributed by atoms with E-state index in [1.54, 1.807) is 0 Å². The minimum atomic E-state index is -0.109. The van der Waals surface area contributed by atoms with Crippen molar-refractivity contribution >= 4 is 17.9 Å². The molecule has 0 saturated heterocycles. The number of carbonyl (C=O) groups excluding carboxylic acids is 3. The number of esters is 3. The first-order chi connectivity index (χ1) is 23.8. The molecule has 0 unspecified atom stereocenters. The molecule has 0 fully saturated rings. The van der Waals surface area contributed by atoms with E-state index in [0.717, 1.165) is 90.0 Å². The highest BCUT2D eigenvalue weighted by Crippen LogP contribution is 2.32. The van der Waals surface area contributed by atoms with Crippen molar-refractivity contribution in [2.24, 2.45) is 10.8 Å². The smallest absolute Gasteiger partial charge is 0.306 e. The highest BCUT2D eigenvalue weighted by atomic mass is 16.5. The fourth-order valence-corrected chi connectivity index (χ4v) is 6.43. The fraction of sp³-hybridized carbons (Fsp3) is 0.930. The lowest BCUT2D eigenvalue weighted by Crippen LogP contribution is -2.22. The Labute approximate surface area is 310 Å². The van der Waals surface area contributed by atoms with Crippen molar-refractivity contribution < 1.29 is 28.6 Å². The van der Waals surface area contributed by atoms with Crippen molar-refractivity contribution in [3.63, 3.8) is 0 Å². The Morgan fingerprint density at radius 1 is 0.500 bits per heavy atom. The number of unbranched alkanes of at least 4 members (excludes halogenated alkanes) is 12. The molecule has 0 N–H and O–H groups in total. The lowest BCUT2D eigenvalue weighted by atomic mass is 9.81. The van der Waals surface area contributed by atoms with E-state index in [9.17, 15) is 14.4 Å². The van der Waals surface area contributed by atoms with E-state index in [4.69, 9.17) is 14.2 Å². The average Bonchev–Trinajstić information content (AvgIpc) is 3.05. The normalized spacial score (nSPS) is 12.1. The summed E-state index contributed by atoms with van der Waals surface area (Å²) in [4.78, 5) is 39.6. The largest absolute Gasteiger partial charge is 0.466 e. The summed E-state index contributed by atoms with van der Waals surface area (Å²) in [5.74, 6) is -0.280. The van der Waals surface area contributed by atoms with Crippen LogP contribution in [-0.2, 0) is 28.6 Å². The average molecular weight is 710 g/mol. The first-order valence-corrected chi connectivity index (χ1v) is 21.0. The number of nitrogens with zero attached hydrogens (tertiary/aromatic N) is 1. The molecule has 7 heteroatoms. The second kappa shape index (κ2) is 30.9. The van der Waals surface area contributed by atoms with Crippen molar-refractivity contribution in [2.75, 3.05) is 33.9 Å². The molecule has 0 saturated carbocycles. The third-order valence-corrected chi connectivity index (χ3v) is 10.1. The van der Waals surface area contributed by atoms with E-state index in [1.807, 2.05) is 14.1 Å². The van der Waals surface area contributed by atoms with Crippen LogP contribution in [0.25, 0.3) is 0 Å². The van der Waals surface area contributed by atoms with E-state index in [2.05, 4.69) is 46.4 Å². The maximum atomic E-state index is 12.7. The minimum absolute atomic E-state index is 0.0177. The first-order valence-electron chi connectivity index (χ1n) is 21.0. The van der Waals surface area contributed by atoms with Crippen molar-refractivity contribution in [3.05, 3.63) is 0 Å². The first kappa shape index (κ1) is 48.4. The Kier molecular flexibility index (Phi) is 29.9. The van der Waals surface area contributed by atoms with Gasteiger partial charge in [-0.15, -0.1) is 0 Å². The van der Waals surface area contributed by atoms with Gasteiger partial charge in [0.15, 0.2) is 0 Å². The molecule has 0 spiro atoms. The molecule has 50 heavy (non-hydrogen) atoms. The monoisotopic (exact) mass is 710 g/mol. The SMILES string of the molecule is CCCCCCCCCOC(=O)CCC(C)(C)CCCC(CCCC(C)(C)CCC(=O)OCCCCCCCCC)OC(=O)CCCN(C)C. The van der Waals surface area contributed by atoms with E-state index >= 15 is 0 Å². The van der Waals surface area contributed by atoms with Gasteiger partial charge >= 0.3 is 17.9 Å². The maximum Gasteiger partial charge on any atom is 0.306 e. The molecular weight excluding hydrogens is 626 g/mol. The Hall–Kier alpha value is -1.63. The van der Waals surface area contributed by atoms with E-state index in [0.29, 0.717) is 32.5 Å². The van der Waals surface area contributed by atoms with Gasteiger partial charge in [-0.05, 0) is 102 Å². The maximum absolute atomic E-state index is 12.7. The molecular formula is C43H83NO6. The third kappa shape index (κ3) is 32.3. The van der Waals surface area contributed by atoms with Crippen LogP contribution in [0.2, 0.25) is 0 Å². The summed E-state index contributed by atoms with van der Waals surface area (Å²) in [5.41, 5.74) is 0.0353. The van der Waals surface area contributed by atoms with Crippen LogP contribution < -0.4 is 0 Å². The van der Waals surface area contributed by atoms with Gasteiger partial charge in [0, 0.05) is 19.3 Å². The number of ether oxygens (including phenoxy) is 3. The summed E-state index contributed by atoms with van der Waals surface area (Å²) < 4.78 is 17.1. The van der Waals surface area contributed by atoms with Crippen molar-refractivity contribution in [2.45, 2.75) is 215 Å². The molecule has 0 bridgehead atoms. The van der Waals surface area contributed by atoms with E-state index in [1.165, 1.54) is 64.2 Å². The number of carbonyl (C=O) groups is 3. The van der Waals surface area contributed by atoms with Crippen LogP contribution in [0.5, 0.6) is 0 Å². The Bertz CT molecular complexity index is 785. The molecule has 0 aromatic heterocycles.